The molecule has 0 bridgehead atoms. The lowest BCUT2D eigenvalue weighted by Crippen LogP contribution is -2.47. The number of anilines is 2. The number of imide groups is 1. The fraction of sp³-hybridized carbons (Fsp3) is 0.273. The van der Waals surface area contributed by atoms with Crippen molar-refractivity contribution < 1.29 is 19.1 Å². The monoisotopic (exact) mass is 427 g/mol. The molecule has 2 aliphatic rings. The highest BCUT2D eigenvalue weighted by Gasteiger charge is 2.42. The lowest BCUT2D eigenvalue weighted by Gasteiger charge is -2.37. The fourth-order valence-corrected chi connectivity index (χ4v) is 4.01. The molecule has 4 rings (SSSR count). The van der Waals surface area contributed by atoms with Gasteiger partial charge in [-0.3, -0.25) is 9.59 Å². The minimum atomic E-state index is -0.503. The van der Waals surface area contributed by atoms with E-state index in [2.05, 4.69) is 4.90 Å². The van der Waals surface area contributed by atoms with Crippen molar-refractivity contribution in [3.8, 4) is 11.5 Å². The number of nitrogens with zero attached hydrogens (tertiary/aromatic N) is 3. The smallest absolute Gasteiger partial charge is 0.283 e. The first-order valence-electron chi connectivity index (χ1n) is 9.60. The SMILES string of the molecule is COc1ccc(N2C(=O)C(Cl)=C(N3CCN(c4cccc(OC)c4)CC3)C2=O)cc1. The maximum absolute atomic E-state index is 13.1. The van der Waals surface area contributed by atoms with E-state index in [4.69, 9.17) is 21.1 Å². The van der Waals surface area contributed by atoms with Crippen LogP contribution in [0.3, 0.4) is 0 Å². The highest BCUT2D eigenvalue weighted by atomic mass is 35.5. The van der Waals surface area contributed by atoms with E-state index in [1.807, 2.05) is 29.2 Å². The zero-order valence-electron chi connectivity index (χ0n) is 16.8. The van der Waals surface area contributed by atoms with Crippen molar-refractivity contribution in [1.29, 1.82) is 0 Å². The molecule has 0 saturated carbocycles. The predicted molar refractivity (Wildman–Crippen MR) is 115 cm³/mol. The van der Waals surface area contributed by atoms with E-state index in [0.29, 0.717) is 37.6 Å². The molecule has 8 heteroatoms. The lowest BCUT2D eigenvalue weighted by molar-refractivity contribution is -0.121. The van der Waals surface area contributed by atoms with Crippen LogP contribution in [0, 0.1) is 0 Å². The molecule has 1 saturated heterocycles. The summed E-state index contributed by atoms with van der Waals surface area (Å²) < 4.78 is 10.4. The molecular formula is C22H22ClN3O4. The van der Waals surface area contributed by atoms with Crippen LogP contribution in [0.1, 0.15) is 0 Å². The summed E-state index contributed by atoms with van der Waals surface area (Å²) in [6.45, 7) is 2.56. The molecule has 2 aliphatic heterocycles. The molecule has 0 aliphatic carbocycles. The highest BCUT2D eigenvalue weighted by molar-refractivity contribution is 6.52. The summed E-state index contributed by atoms with van der Waals surface area (Å²) in [4.78, 5) is 31.0. The third-order valence-corrected chi connectivity index (χ3v) is 5.69. The lowest BCUT2D eigenvalue weighted by atomic mass is 10.2. The van der Waals surface area contributed by atoms with E-state index in [-0.39, 0.29) is 10.7 Å². The van der Waals surface area contributed by atoms with Gasteiger partial charge in [0.2, 0.25) is 0 Å². The number of hydrogen-bond donors (Lipinski definition) is 0. The van der Waals surface area contributed by atoms with E-state index in [9.17, 15) is 9.59 Å². The molecule has 2 heterocycles. The Morgan fingerprint density at radius 3 is 2.03 bits per heavy atom. The zero-order chi connectivity index (χ0) is 21.3. The first-order valence-corrected chi connectivity index (χ1v) is 9.98. The largest absolute Gasteiger partial charge is 0.497 e. The van der Waals surface area contributed by atoms with Gasteiger partial charge in [-0.05, 0) is 36.4 Å². The van der Waals surface area contributed by atoms with Crippen molar-refractivity contribution in [3.05, 3.63) is 59.3 Å². The Morgan fingerprint density at radius 1 is 0.767 bits per heavy atom. The van der Waals surface area contributed by atoms with Crippen LogP contribution < -0.4 is 19.3 Å². The van der Waals surface area contributed by atoms with E-state index in [1.54, 1.807) is 38.5 Å². The van der Waals surface area contributed by atoms with Gasteiger partial charge in [0.05, 0.1) is 19.9 Å². The molecule has 7 nitrogen and oxygen atoms in total. The third kappa shape index (κ3) is 3.57. The predicted octanol–water partition coefficient (Wildman–Crippen LogP) is 2.85. The van der Waals surface area contributed by atoms with Crippen LogP contribution >= 0.6 is 11.6 Å². The maximum Gasteiger partial charge on any atom is 0.283 e. The number of carbonyl (C=O) groups is 2. The number of ether oxygens (including phenoxy) is 2. The van der Waals surface area contributed by atoms with Gasteiger partial charge in [-0.2, -0.15) is 0 Å². The molecule has 30 heavy (non-hydrogen) atoms. The van der Waals surface area contributed by atoms with Crippen molar-refractivity contribution >= 4 is 34.8 Å². The van der Waals surface area contributed by atoms with Crippen molar-refractivity contribution in [2.45, 2.75) is 0 Å². The Labute approximate surface area is 180 Å². The fourth-order valence-electron chi connectivity index (χ4n) is 3.73. The quantitative estimate of drug-likeness (QED) is 0.684. The number of amides is 2. The van der Waals surface area contributed by atoms with Crippen molar-refractivity contribution in [1.82, 2.24) is 4.90 Å². The Morgan fingerprint density at radius 2 is 1.40 bits per heavy atom. The first kappa shape index (κ1) is 20.1. The minimum absolute atomic E-state index is 0.0364. The highest BCUT2D eigenvalue weighted by Crippen LogP contribution is 2.33. The third-order valence-electron chi connectivity index (χ3n) is 5.35. The van der Waals surface area contributed by atoms with Crippen LogP contribution in [0.15, 0.2) is 59.3 Å². The minimum Gasteiger partial charge on any atom is -0.497 e. The number of rotatable bonds is 5. The van der Waals surface area contributed by atoms with E-state index >= 15 is 0 Å². The molecule has 0 N–H and O–H groups in total. The van der Waals surface area contributed by atoms with Gasteiger partial charge in [-0.15, -0.1) is 0 Å². The number of methoxy groups -OCH3 is 2. The summed E-state index contributed by atoms with van der Waals surface area (Å²) in [5, 5.41) is -0.0364. The molecule has 0 atom stereocenters. The second-order valence-corrected chi connectivity index (χ2v) is 7.36. The Bertz CT molecular complexity index is 998. The van der Waals surface area contributed by atoms with Crippen LogP contribution in [0.5, 0.6) is 11.5 Å². The van der Waals surface area contributed by atoms with Crippen LogP contribution in [-0.2, 0) is 9.59 Å². The molecular weight excluding hydrogens is 406 g/mol. The Kier molecular flexibility index (Phi) is 5.55. The summed E-state index contributed by atoms with van der Waals surface area (Å²) in [7, 11) is 3.20. The topological polar surface area (TPSA) is 62.3 Å². The zero-order valence-corrected chi connectivity index (χ0v) is 17.6. The van der Waals surface area contributed by atoms with Crippen molar-refractivity contribution in [2.24, 2.45) is 0 Å². The maximum atomic E-state index is 13.1. The van der Waals surface area contributed by atoms with Crippen molar-refractivity contribution in [3.63, 3.8) is 0 Å². The van der Waals surface area contributed by atoms with E-state index in [1.165, 1.54) is 0 Å². The summed E-state index contributed by atoms with van der Waals surface area (Å²) in [6.07, 6.45) is 0. The summed E-state index contributed by atoms with van der Waals surface area (Å²) >= 11 is 6.32. The van der Waals surface area contributed by atoms with Gasteiger partial charge in [0.1, 0.15) is 22.2 Å². The van der Waals surface area contributed by atoms with E-state index in [0.717, 1.165) is 16.3 Å². The van der Waals surface area contributed by atoms with Crippen LogP contribution in [-0.4, -0.2) is 57.1 Å². The number of piperazine rings is 1. The van der Waals surface area contributed by atoms with Crippen LogP contribution in [0.25, 0.3) is 0 Å². The first-order chi connectivity index (χ1) is 14.5. The van der Waals surface area contributed by atoms with E-state index < -0.39 is 11.8 Å². The molecule has 0 spiro atoms. The number of halogens is 1. The van der Waals surface area contributed by atoms with Gasteiger partial charge >= 0.3 is 0 Å². The summed E-state index contributed by atoms with van der Waals surface area (Å²) in [5.41, 5.74) is 1.79. The van der Waals surface area contributed by atoms with Gasteiger partial charge in [-0.25, -0.2) is 4.90 Å². The van der Waals surface area contributed by atoms with Gasteiger partial charge in [-0.1, -0.05) is 17.7 Å². The van der Waals surface area contributed by atoms with Crippen LogP contribution in [0.4, 0.5) is 11.4 Å². The molecule has 2 aromatic carbocycles. The standard InChI is InChI=1S/C22H22ClN3O4/c1-29-17-8-6-15(7-9-17)26-21(27)19(23)20(22(26)28)25-12-10-24(11-13-25)16-4-3-5-18(14-16)30-2/h3-9,14H,10-13H2,1-2H3. The second kappa shape index (κ2) is 8.28. The molecule has 156 valence electrons. The molecule has 0 unspecified atom stereocenters. The molecule has 2 amide bonds. The van der Waals surface area contributed by atoms with Gasteiger partial charge < -0.3 is 19.3 Å². The molecule has 2 aromatic rings. The summed E-state index contributed by atoms with van der Waals surface area (Å²) in [6, 6.07) is 14.6. The normalized spacial score (nSPS) is 17.1. The van der Waals surface area contributed by atoms with Crippen LogP contribution in [0.2, 0.25) is 0 Å². The van der Waals surface area contributed by atoms with Gasteiger partial charge in [0.15, 0.2) is 0 Å². The summed E-state index contributed by atoms with van der Waals surface area (Å²) in [5.74, 6) is 0.542. The second-order valence-electron chi connectivity index (χ2n) is 6.98. The average molecular weight is 428 g/mol. The molecule has 1 fully saturated rings. The number of carbonyl (C=O) groups excluding carboxylic acids is 2. The average Bonchev–Trinajstić information content (AvgIpc) is 3.02. The Balaban J connectivity index is 1.49. The Hall–Kier alpha value is -3.19. The van der Waals surface area contributed by atoms with Crippen molar-refractivity contribution in [2.75, 3.05) is 50.2 Å². The molecule has 0 aromatic heterocycles. The van der Waals surface area contributed by atoms with Gasteiger partial charge in [0.25, 0.3) is 11.8 Å². The molecule has 0 radical (unpaired) electrons. The number of hydrogen-bond acceptors (Lipinski definition) is 6. The van der Waals surface area contributed by atoms with Gasteiger partial charge in [0, 0.05) is 37.9 Å². The number of benzene rings is 2.